The first kappa shape index (κ1) is 25.2. The fourth-order valence-corrected chi connectivity index (χ4v) is 3.98. The normalized spacial score (nSPS) is 11.6. The van der Waals surface area contributed by atoms with Crippen LogP contribution in [0.2, 0.25) is 5.02 Å². The molecule has 0 saturated heterocycles. The van der Waals surface area contributed by atoms with Crippen molar-refractivity contribution in [2.45, 2.75) is 26.2 Å². The standard InChI is InChI=1S/C21H19ClN6O.C2HF3O2/c1-14-23-24-21-6-5-18-20(28(14)21)12-19(17-7-8-26(25-17)9-10-29)27(18)13-15-3-2-4-16(22)11-15;3-2(4,5)1(6)7/h2-8,11-12,29H,9-10,13H2,1H3;(H,6,7). The van der Waals surface area contributed by atoms with E-state index in [0.29, 0.717) is 18.1 Å². The maximum Gasteiger partial charge on any atom is 0.490 e. The molecule has 13 heteroatoms. The summed E-state index contributed by atoms with van der Waals surface area (Å²) in [6.07, 6.45) is -3.20. The number of pyridine rings is 1. The van der Waals surface area contributed by atoms with Crippen molar-refractivity contribution in [1.29, 1.82) is 0 Å². The molecule has 0 aliphatic heterocycles. The molecule has 9 nitrogen and oxygen atoms in total. The molecule has 0 aliphatic carbocycles. The largest absolute Gasteiger partial charge is 0.490 e. The van der Waals surface area contributed by atoms with Gasteiger partial charge in [-0.05, 0) is 48.9 Å². The Hall–Kier alpha value is -3.90. The molecule has 0 atom stereocenters. The van der Waals surface area contributed by atoms with Gasteiger partial charge in [-0.1, -0.05) is 23.7 Å². The molecule has 0 bridgehead atoms. The minimum absolute atomic E-state index is 0.0488. The number of aliphatic hydroxyl groups excluding tert-OH is 1. The van der Waals surface area contributed by atoms with Gasteiger partial charge in [-0.15, -0.1) is 10.2 Å². The van der Waals surface area contributed by atoms with Crippen LogP contribution in [0.25, 0.3) is 28.1 Å². The second-order valence-corrected chi connectivity index (χ2v) is 8.22. The van der Waals surface area contributed by atoms with E-state index in [1.165, 1.54) is 0 Å². The van der Waals surface area contributed by atoms with E-state index in [4.69, 9.17) is 21.5 Å². The Balaban J connectivity index is 0.000000384. The van der Waals surface area contributed by atoms with Gasteiger partial charge >= 0.3 is 12.1 Å². The number of carboxylic acid groups (broad SMARTS) is 1. The Morgan fingerprint density at radius 3 is 2.50 bits per heavy atom. The van der Waals surface area contributed by atoms with Crippen molar-refractivity contribution in [1.82, 2.24) is 28.9 Å². The molecule has 5 aromatic rings. The Morgan fingerprint density at radius 1 is 1.08 bits per heavy atom. The van der Waals surface area contributed by atoms with E-state index in [9.17, 15) is 18.3 Å². The van der Waals surface area contributed by atoms with Crippen LogP contribution in [0.3, 0.4) is 0 Å². The van der Waals surface area contributed by atoms with Crippen molar-refractivity contribution < 1.29 is 28.2 Å². The minimum Gasteiger partial charge on any atom is -0.475 e. The third-order valence-electron chi connectivity index (χ3n) is 5.30. The number of aliphatic carboxylic acids is 1. The molecule has 5 rings (SSSR count). The molecule has 0 unspecified atom stereocenters. The zero-order chi connectivity index (χ0) is 26.0. The van der Waals surface area contributed by atoms with Crippen LogP contribution in [0.15, 0.2) is 54.7 Å². The summed E-state index contributed by atoms with van der Waals surface area (Å²) >= 11 is 6.21. The van der Waals surface area contributed by atoms with E-state index in [1.54, 1.807) is 4.68 Å². The molecule has 4 aromatic heterocycles. The molecular weight excluding hydrogens is 501 g/mol. The van der Waals surface area contributed by atoms with Gasteiger partial charge in [0.25, 0.3) is 0 Å². The lowest BCUT2D eigenvalue weighted by Gasteiger charge is -2.10. The number of alkyl halides is 3. The van der Waals surface area contributed by atoms with Gasteiger partial charge in [-0.3, -0.25) is 9.08 Å². The van der Waals surface area contributed by atoms with Crippen molar-refractivity contribution >= 4 is 34.3 Å². The van der Waals surface area contributed by atoms with E-state index in [-0.39, 0.29) is 6.61 Å². The highest BCUT2D eigenvalue weighted by atomic mass is 35.5. The Bertz CT molecular complexity index is 1540. The van der Waals surface area contributed by atoms with E-state index < -0.39 is 12.1 Å². The van der Waals surface area contributed by atoms with E-state index >= 15 is 0 Å². The van der Waals surface area contributed by atoms with Gasteiger partial charge in [0.15, 0.2) is 5.65 Å². The monoisotopic (exact) mass is 520 g/mol. The number of aryl methyl sites for hydroxylation is 1. The molecule has 0 amide bonds. The van der Waals surface area contributed by atoms with E-state index in [1.807, 2.05) is 43.5 Å². The number of halogens is 4. The summed E-state index contributed by atoms with van der Waals surface area (Å²) in [5.74, 6) is -1.92. The van der Waals surface area contributed by atoms with Crippen LogP contribution >= 0.6 is 11.6 Å². The third kappa shape index (κ3) is 5.19. The average Bonchev–Trinajstić information content (AvgIpc) is 3.51. The lowest BCUT2D eigenvalue weighted by molar-refractivity contribution is -0.192. The fraction of sp³-hybridized carbons (Fsp3) is 0.217. The van der Waals surface area contributed by atoms with Gasteiger partial charge in [-0.25, -0.2) is 4.79 Å². The first-order chi connectivity index (χ1) is 17.1. The van der Waals surface area contributed by atoms with Gasteiger partial charge in [0.05, 0.1) is 29.9 Å². The second-order valence-electron chi connectivity index (χ2n) is 7.78. The van der Waals surface area contributed by atoms with Crippen molar-refractivity contribution in [2.24, 2.45) is 0 Å². The van der Waals surface area contributed by atoms with Gasteiger partial charge in [-0.2, -0.15) is 18.3 Å². The number of rotatable bonds is 5. The summed E-state index contributed by atoms with van der Waals surface area (Å²) < 4.78 is 37.8. The molecule has 0 fully saturated rings. The molecule has 0 spiro atoms. The first-order valence-corrected chi connectivity index (χ1v) is 11.0. The number of hydrogen-bond acceptors (Lipinski definition) is 5. The molecular formula is C23H20ClF3N6O3. The number of hydrogen-bond donors (Lipinski definition) is 2. The van der Waals surface area contributed by atoms with Crippen LogP contribution in [0.1, 0.15) is 11.4 Å². The number of nitrogens with zero attached hydrogens (tertiary/aromatic N) is 6. The summed E-state index contributed by atoms with van der Waals surface area (Å²) in [6, 6.07) is 16.0. The predicted octanol–water partition coefficient (Wildman–Crippen LogP) is 4.18. The van der Waals surface area contributed by atoms with Gasteiger partial charge in [0, 0.05) is 17.8 Å². The van der Waals surface area contributed by atoms with Crippen molar-refractivity contribution in [3.05, 3.63) is 71.1 Å². The lowest BCUT2D eigenvalue weighted by atomic mass is 10.2. The highest BCUT2D eigenvalue weighted by Crippen LogP contribution is 2.30. The van der Waals surface area contributed by atoms with Gasteiger partial charge < -0.3 is 14.8 Å². The zero-order valence-electron chi connectivity index (χ0n) is 18.8. The van der Waals surface area contributed by atoms with Crippen LogP contribution in [0.4, 0.5) is 13.2 Å². The topological polar surface area (TPSA) is 110 Å². The molecule has 4 heterocycles. The van der Waals surface area contributed by atoms with Crippen molar-refractivity contribution in [3.8, 4) is 11.4 Å². The molecule has 2 N–H and O–H groups in total. The molecule has 0 radical (unpaired) electrons. The third-order valence-corrected chi connectivity index (χ3v) is 5.54. The SMILES string of the molecule is Cc1nnc2ccc3c(cc(-c4ccn(CCO)n4)n3Cc3cccc(Cl)c3)n12.O=C(O)C(F)(F)F. The van der Waals surface area contributed by atoms with Crippen LogP contribution in [-0.4, -0.2) is 57.9 Å². The van der Waals surface area contributed by atoms with Crippen molar-refractivity contribution in [2.75, 3.05) is 6.61 Å². The number of benzene rings is 1. The lowest BCUT2D eigenvalue weighted by Crippen LogP contribution is -2.21. The number of aliphatic hydroxyl groups is 1. The van der Waals surface area contributed by atoms with E-state index in [0.717, 1.165) is 39.5 Å². The number of aromatic nitrogens is 6. The average molecular weight is 521 g/mol. The van der Waals surface area contributed by atoms with Gasteiger partial charge in [0.1, 0.15) is 11.5 Å². The minimum atomic E-state index is -5.08. The fourth-order valence-electron chi connectivity index (χ4n) is 3.77. The Morgan fingerprint density at radius 2 is 1.83 bits per heavy atom. The van der Waals surface area contributed by atoms with Crippen molar-refractivity contribution in [3.63, 3.8) is 0 Å². The molecule has 0 aliphatic rings. The Kier molecular flexibility index (Phi) is 7.00. The first-order valence-electron chi connectivity index (χ1n) is 10.6. The quantitative estimate of drug-likeness (QED) is 0.360. The molecule has 188 valence electrons. The number of carboxylic acids is 1. The maximum atomic E-state index is 10.6. The summed E-state index contributed by atoms with van der Waals surface area (Å²) in [5.41, 5.74) is 5.83. The molecule has 36 heavy (non-hydrogen) atoms. The summed E-state index contributed by atoms with van der Waals surface area (Å²) in [6.45, 7) is 3.11. The maximum absolute atomic E-state index is 10.6. The van der Waals surface area contributed by atoms with Crippen LogP contribution in [-0.2, 0) is 17.9 Å². The highest BCUT2D eigenvalue weighted by molar-refractivity contribution is 6.30. The smallest absolute Gasteiger partial charge is 0.475 e. The summed E-state index contributed by atoms with van der Waals surface area (Å²) in [4.78, 5) is 8.90. The zero-order valence-corrected chi connectivity index (χ0v) is 19.6. The molecule has 1 aromatic carbocycles. The second kappa shape index (κ2) is 9.99. The van der Waals surface area contributed by atoms with E-state index in [2.05, 4.69) is 42.5 Å². The number of carbonyl (C=O) groups is 1. The highest BCUT2D eigenvalue weighted by Gasteiger charge is 2.38. The van der Waals surface area contributed by atoms with Gasteiger partial charge in [0.2, 0.25) is 0 Å². The van der Waals surface area contributed by atoms with Crippen LogP contribution < -0.4 is 0 Å². The summed E-state index contributed by atoms with van der Waals surface area (Å²) in [7, 11) is 0. The number of fused-ring (bicyclic) bond motifs is 3. The predicted molar refractivity (Wildman–Crippen MR) is 126 cm³/mol. The molecule has 0 saturated carbocycles. The Labute approximate surface area is 207 Å². The van der Waals surface area contributed by atoms with Crippen LogP contribution in [0.5, 0.6) is 0 Å². The summed E-state index contributed by atoms with van der Waals surface area (Å²) in [5, 5.41) is 30.2. The van der Waals surface area contributed by atoms with Crippen LogP contribution in [0, 0.1) is 6.92 Å².